The second kappa shape index (κ2) is 8.80. The Labute approximate surface area is 86.7 Å². The molecule has 0 aromatic heterocycles. The molecular formula is C12H28Si. The predicted molar refractivity (Wildman–Crippen MR) is 66.2 cm³/mol. The van der Waals surface area contributed by atoms with E-state index in [4.69, 9.17) is 0 Å². The quantitative estimate of drug-likeness (QED) is 0.507. The summed E-state index contributed by atoms with van der Waals surface area (Å²) in [6.45, 7) is 9.41. The van der Waals surface area contributed by atoms with Crippen LogP contribution in [0.15, 0.2) is 0 Å². The van der Waals surface area contributed by atoms with Crippen LogP contribution in [0.2, 0.25) is 18.1 Å². The van der Waals surface area contributed by atoms with Crippen molar-refractivity contribution >= 4 is 8.80 Å². The minimum absolute atomic E-state index is 0.327. The highest BCUT2D eigenvalue weighted by Crippen LogP contribution is 2.17. The molecule has 0 aromatic carbocycles. The van der Waals surface area contributed by atoms with Crippen molar-refractivity contribution in [2.45, 2.75) is 71.5 Å². The second-order valence-corrected chi connectivity index (χ2v) is 8.14. The molecule has 1 heteroatoms. The summed E-state index contributed by atoms with van der Waals surface area (Å²) in [6.07, 6.45) is 5.78. The average Bonchev–Trinajstić information content (AvgIpc) is 2.09. The lowest BCUT2D eigenvalue weighted by molar-refractivity contribution is 0.711. The molecule has 0 bridgehead atoms. The van der Waals surface area contributed by atoms with Gasteiger partial charge in [-0.25, -0.2) is 0 Å². The van der Waals surface area contributed by atoms with Gasteiger partial charge in [-0.15, -0.1) is 0 Å². The highest BCUT2D eigenvalue weighted by atomic mass is 28.3. The van der Waals surface area contributed by atoms with Crippen LogP contribution >= 0.6 is 0 Å². The fraction of sp³-hybridized carbons (Fsp3) is 1.00. The van der Waals surface area contributed by atoms with Crippen LogP contribution in [0, 0.1) is 5.92 Å². The van der Waals surface area contributed by atoms with Crippen molar-refractivity contribution in [1.29, 1.82) is 0 Å². The van der Waals surface area contributed by atoms with Gasteiger partial charge in [0.05, 0.1) is 0 Å². The van der Waals surface area contributed by atoms with E-state index in [1.807, 2.05) is 0 Å². The van der Waals surface area contributed by atoms with Crippen molar-refractivity contribution in [3.05, 3.63) is 0 Å². The zero-order chi connectivity index (χ0) is 10.1. The van der Waals surface area contributed by atoms with Crippen molar-refractivity contribution in [1.82, 2.24) is 0 Å². The van der Waals surface area contributed by atoms with Gasteiger partial charge in [-0.3, -0.25) is 0 Å². The summed E-state index contributed by atoms with van der Waals surface area (Å²) >= 11 is 0. The third-order valence-corrected chi connectivity index (χ3v) is 6.80. The van der Waals surface area contributed by atoms with Gasteiger partial charge in [0, 0.05) is 8.80 Å². The summed E-state index contributed by atoms with van der Waals surface area (Å²) < 4.78 is 0. The van der Waals surface area contributed by atoms with E-state index in [1.54, 1.807) is 18.1 Å². The number of unbranched alkanes of at least 4 members (excludes halogenated alkanes) is 2. The van der Waals surface area contributed by atoms with Crippen LogP contribution in [0.4, 0.5) is 0 Å². The highest BCUT2D eigenvalue weighted by molar-refractivity contribution is 6.58. The van der Waals surface area contributed by atoms with Crippen molar-refractivity contribution in [3.63, 3.8) is 0 Å². The lowest BCUT2D eigenvalue weighted by Crippen LogP contribution is -2.14. The van der Waals surface area contributed by atoms with Gasteiger partial charge in [-0.2, -0.15) is 0 Å². The third-order valence-electron chi connectivity index (χ3n) is 2.74. The van der Waals surface area contributed by atoms with E-state index < -0.39 is 0 Å². The molecule has 0 aromatic rings. The molecule has 0 rings (SSSR count). The second-order valence-electron chi connectivity index (χ2n) is 4.78. The number of hydrogen-bond acceptors (Lipinski definition) is 0. The van der Waals surface area contributed by atoms with Crippen LogP contribution < -0.4 is 0 Å². The van der Waals surface area contributed by atoms with Gasteiger partial charge in [0.25, 0.3) is 0 Å². The summed E-state index contributed by atoms with van der Waals surface area (Å²) in [7, 11) is -0.327. The van der Waals surface area contributed by atoms with Crippen molar-refractivity contribution in [2.75, 3.05) is 0 Å². The Morgan fingerprint density at radius 2 is 1.38 bits per heavy atom. The molecule has 0 aliphatic rings. The Hall–Kier alpha value is 0.217. The van der Waals surface area contributed by atoms with Gasteiger partial charge in [-0.1, -0.05) is 71.5 Å². The van der Waals surface area contributed by atoms with Crippen molar-refractivity contribution < 1.29 is 0 Å². The Kier molecular flexibility index (Phi) is 8.95. The average molecular weight is 200 g/mol. The van der Waals surface area contributed by atoms with Crippen LogP contribution in [0.25, 0.3) is 0 Å². The van der Waals surface area contributed by atoms with E-state index in [2.05, 4.69) is 27.7 Å². The minimum Gasteiger partial charge on any atom is -0.0654 e. The third kappa shape index (κ3) is 8.54. The van der Waals surface area contributed by atoms with Gasteiger partial charge in [0.1, 0.15) is 0 Å². The number of hydrogen-bond donors (Lipinski definition) is 0. The van der Waals surface area contributed by atoms with Gasteiger partial charge in [-0.05, 0) is 5.92 Å². The van der Waals surface area contributed by atoms with Crippen LogP contribution in [0.3, 0.4) is 0 Å². The Morgan fingerprint density at radius 3 is 1.69 bits per heavy atom. The maximum Gasteiger partial charge on any atom is 0.0370 e. The molecule has 0 saturated heterocycles. The maximum absolute atomic E-state index is 2.39. The largest absolute Gasteiger partial charge is 0.0654 e. The Morgan fingerprint density at radius 1 is 0.923 bits per heavy atom. The first-order chi connectivity index (χ1) is 6.20. The molecule has 0 spiro atoms. The molecule has 0 radical (unpaired) electrons. The fourth-order valence-corrected chi connectivity index (χ4v) is 6.10. The van der Waals surface area contributed by atoms with E-state index in [1.165, 1.54) is 25.7 Å². The summed E-state index contributed by atoms with van der Waals surface area (Å²) in [5, 5.41) is 0. The smallest absolute Gasteiger partial charge is 0.0370 e. The zero-order valence-corrected chi connectivity index (χ0v) is 11.3. The van der Waals surface area contributed by atoms with Crippen molar-refractivity contribution in [3.8, 4) is 0 Å². The SMILES string of the molecule is CCCC[SiH](CCCC)CC(C)C. The Bertz CT molecular complexity index is 91.3. The van der Waals surface area contributed by atoms with Crippen LogP contribution in [0.5, 0.6) is 0 Å². The first kappa shape index (κ1) is 13.2. The summed E-state index contributed by atoms with van der Waals surface area (Å²) in [5.41, 5.74) is 0. The molecule has 80 valence electrons. The molecule has 0 fully saturated rings. The predicted octanol–water partition coefficient (Wildman–Crippen LogP) is 4.47. The minimum atomic E-state index is -0.327. The summed E-state index contributed by atoms with van der Waals surface area (Å²) in [4.78, 5) is 0. The normalized spacial score (nSPS) is 11.5. The monoisotopic (exact) mass is 200 g/mol. The van der Waals surface area contributed by atoms with Gasteiger partial charge < -0.3 is 0 Å². The summed E-state index contributed by atoms with van der Waals surface area (Å²) in [6, 6.07) is 4.80. The fourth-order valence-electron chi connectivity index (χ4n) is 2.03. The Balaban J connectivity index is 3.60. The molecule has 0 nitrogen and oxygen atoms in total. The van der Waals surface area contributed by atoms with Gasteiger partial charge in [0.15, 0.2) is 0 Å². The molecule has 0 amide bonds. The van der Waals surface area contributed by atoms with E-state index >= 15 is 0 Å². The molecule has 13 heavy (non-hydrogen) atoms. The van der Waals surface area contributed by atoms with Crippen LogP contribution in [0.1, 0.15) is 53.4 Å². The lowest BCUT2D eigenvalue weighted by atomic mass is 10.3. The van der Waals surface area contributed by atoms with Gasteiger partial charge >= 0.3 is 0 Å². The van der Waals surface area contributed by atoms with Crippen LogP contribution in [-0.2, 0) is 0 Å². The summed E-state index contributed by atoms with van der Waals surface area (Å²) in [5.74, 6) is 0.949. The molecule has 0 aliphatic carbocycles. The van der Waals surface area contributed by atoms with Crippen LogP contribution in [-0.4, -0.2) is 8.80 Å². The highest BCUT2D eigenvalue weighted by Gasteiger charge is 2.11. The molecular weight excluding hydrogens is 172 g/mol. The van der Waals surface area contributed by atoms with E-state index in [9.17, 15) is 0 Å². The maximum atomic E-state index is 2.39. The van der Waals surface area contributed by atoms with E-state index in [0.717, 1.165) is 5.92 Å². The lowest BCUT2D eigenvalue weighted by Gasteiger charge is -2.16. The topological polar surface area (TPSA) is 0 Å². The molecule has 0 N–H and O–H groups in total. The first-order valence-corrected chi connectivity index (χ1v) is 8.65. The standard InChI is InChI=1S/C12H28Si/c1-5-7-9-13(10-8-6-2)11-12(3)4/h12-13H,5-11H2,1-4H3. The molecule has 0 atom stereocenters. The molecule has 0 unspecified atom stereocenters. The van der Waals surface area contributed by atoms with E-state index in [-0.39, 0.29) is 8.80 Å². The van der Waals surface area contributed by atoms with Gasteiger partial charge in [0.2, 0.25) is 0 Å². The molecule has 0 saturated carbocycles. The zero-order valence-electron chi connectivity index (χ0n) is 10.1. The molecule has 0 heterocycles. The van der Waals surface area contributed by atoms with E-state index in [0.29, 0.717) is 0 Å². The van der Waals surface area contributed by atoms with Crippen molar-refractivity contribution in [2.24, 2.45) is 5.92 Å². The molecule has 0 aliphatic heterocycles. The number of rotatable bonds is 8. The first-order valence-electron chi connectivity index (χ1n) is 6.20.